The molecule has 0 saturated heterocycles. The minimum Gasteiger partial charge on any atom is -0.287 e. The summed E-state index contributed by atoms with van der Waals surface area (Å²) in [6.45, 7) is 0.366. The van der Waals surface area contributed by atoms with Crippen LogP contribution >= 0.6 is 11.6 Å². The monoisotopic (exact) mass is 204 g/mol. The van der Waals surface area contributed by atoms with Crippen molar-refractivity contribution in [3.05, 3.63) is 34.9 Å². The quantitative estimate of drug-likeness (QED) is 0.766. The summed E-state index contributed by atoms with van der Waals surface area (Å²) in [5, 5.41) is 12.4. The Morgan fingerprint density at radius 2 is 2.36 bits per heavy atom. The van der Waals surface area contributed by atoms with Crippen LogP contribution in [0.4, 0.5) is 0 Å². The van der Waals surface area contributed by atoms with E-state index in [0.717, 1.165) is 5.56 Å². The van der Waals surface area contributed by atoms with Crippen LogP contribution in [0, 0.1) is 23.7 Å². The molecule has 1 aromatic rings. The summed E-state index contributed by atoms with van der Waals surface area (Å²) in [4.78, 5) is 0. The molecule has 0 bridgehead atoms. The second-order valence-electron chi connectivity index (χ2n) is 2.70. The van der Waals surface area contributed by atoms with Crippen molar-refractivity contribution in [2.45, 2.75) is 6.04 Å². The predicted molar refractivity (Wildman–Crippen MR) is 56.6 cm³/mol. The molecule has 0 spiro atoms. The minimum absolute atomic E-state index is 0.366. The van der Waals surface area contributed by atoms with Gasteiger partial charge in [0, 0.05) is 5.02 Å². The predicted octanol–water partition coefficient (Wildman–Crippen LogP) is 2.13. The Labute approximate surface area is 88.5 Å². The average Bonchev–Trinajstić information content (AvgIpc) is 2.19. The molecule has 0 radical (unpaired) electrons. The SMILES string of the molecule is C#CCNC(C#N)c1cccc(Cl)c1. The first-order chi connectivity index (χ1) is 6.77. The van der Waals surface area contributed by atoms with Crippen LogP contribution in [0.5, 0.6) is 0 Å². The maximum atomic E-state index is 8.87. The third kappa shape index (κ3) is 2.78. The van der Waals surface area contributed by atoms with E-state index >= 15 is 0 Å². The molecule has 0 aliphatic heterocycles. The molecular formula is C11H9ClN2. The minimum atomic E-state index is -0.398. The molecule has 0 aromatic heterocycles. The molecule has 0 amide bonds. The lowest BCUT2D eigenvalue weighted by atomic mass is 10.1. The number of hydrogen-bond acceptors (Lipinski definition) is 2. The summed E-state index contributed by atoms with van der Waals surface area (Å²) in [6.07, 6.45) is 5.09. The topological polar surface area (TPSA) is 35.8 Å². The molecule has 1 rings (SSSR count). The number of benzene rings is 1. The lowest BCUT2D eigenvalue weighted by Crippen LogP contribution is -2.19. The summed E-state index contributed by atoms with van der Waals surface area (Å²) in [7, 11) is 0. The second kappa shape index (κ2) is 5.29. The zero-order valence-electron chi connectivity index (χ0n) is 7.50. The molecule has 1 atom stereocenters. The first kappa shape index (κ1) is 10.6. The molecular weight excluding hydrogens is 196 g/mol. The summed E-state index contributed by atoms with van der Waals surface area (Å²) in [6, 6.07) is 8.87. The molecule has 2 nitrogen and oxygen atoms in total. The van der Waals surface area contributed by atoms with Crippen molar-refractivity contribution in [1.29, 1.82) is 5.26 Å². The molecule has 0 saturated carbocycles. The number of hydrogen-bond donors (Lipinski definition) is 1. The fraction of sp³-hybridized carbons (Fsp3) is 0.182. The Kier molecular flexibility index (Phi) is 4.01. The van der Waals surface area contributed by atoms with E-state index in [0.29, 0.717) is 11.6 Å². The number of rotatable bonds is 3. The summed E-state index contributed by atoms with van der Waals surface area (Å²) in [5.74, 6) is 2.42. The van der Waals surface area contributed by atoms with E-state index in [4.69, 9.17) is 23.3 Å². The molecule has 3 heteroatoms. The van der Waals surface area contributed by atoms with Crippen molar-refractivity contribution >= 4 is 11.6 Å². The summed E-state index contributed by atoms with van der Waals surface area (Å²) in [5.41, 5.74) is 0.829. The van der Waals surface area contributed by atoms with Gasteiger partial charge in [0.15, 0.2) is 0 Å². The highest BCUT2D eigenvalue weighted by Crippen LogP contribution is 2.16. The zero-order valence-corrected chi connectivity index (χ0v) is 8.25. The van der Waals surface area contributed by atoms with Crippen molar-refractivity contribution < 1.29 is 0 Å². The third-order valence-corrected chi connectivity index (χ3v) is 1.95. The van der Waals surface area contributed by atoms with Crippen molar-refractivity contribution in [2.24, 2.45) is 0 Å². The van der Waals surface area contributed by atoms with Crippen LogP contribution in [0.2, 0.25) is 5.02 Å². The normalized spacial score (nSPS) is 11.4. The van der Waals surface area contributed by atoms with Gasteiger partial charge in [0.25, 0.3) is 0 Å². The smallest absolute Gasteiger partial charge is 0.122 e. The highest BCUT2D eigenvalue weighted by molar-refractivity contribution is 6.30. The molecule has 1 unspecified atom stereocenters. The number of nitrogens with one attached hydrogen (secondary N) is 1. The van der Waals surface area contributed by atoms with Crippen molar-refractivity contribution in [3.8, 4) is 18.4 Å². The van der Waals surface area contributed by atoms with Crippen molar-refractivity contribution in [1.82, 2.24) is 5.32 Å². The van der Waals surface area contributed by atoms with Gasteiger partial charge in [-0.2, -0.15) is 5.26 Å². The molecule has 70 valence electrons. The van der Waals surface area contributed by atoms with Crippen LogP contribution in [0.25, 0.3) is 0 Å². The van der Waals surface area contributed by atoms with E-state index in [1.807, 2.05) is 6.07 Å². The third-order valence-electron chi connectivity index (χ3n) is 1.72. The molecule has 0 heterocycles. The highest BCUT2D eigenvalue weighted by Gasteiger charge is 2.08. The number of nitriles is 1. The zero-order chi connectivity index (χ0) is 10.4. The summed E-state index contributed by atoms with van der Waals surface area (Å²) >= 11 is 5.80. The van der Waals surface area contributed by atoms with E-state index < -0.39 is 6.04 Å². The molecule has 0 aliphatic rings. The molecule has 1 aromatic carbocycles. The number of nitrogens with zero attached hydrogens (tertiary/aromatic N) is 1. The largest absolute Gasteiger partial charge is 0.287 e. The van der Waals surface area contributed by atoms with Gasteiger partial charge in [-0.3, -0.25) is 5.32 Å². The lowest BCUT2D eigenvalue weighted by molar-refractivity contribution is 0.691. The van der Waals surface area contributed by atoms with Gasteiger partial charge in [-0.25, -0.2) is 0 Å². The van der Waals surface area contributed by atoms with Crippen LogP contribution in [-0.4, -0.2) is 6.54 Å². The fourth-order valence-corrected chi connectivity index (χ4v) is 1.28. The number of halogens is 1. The van der Waals surface area contributed by atoms with Gasteiger partial charge in [-0.15, -0.1) is 6.42 Å². The fourth-order valence-electron chi connectivity index (χ4n) is 1.09. The van der Waals surface area contributed by atoms with Crippen molar-refractivity contribution in [3.63, 3.8) is 0 Å². The van der Waals surface area contributed by atoms with Crippen LogP contribution in [0.3, 0.4) is 0 Å². The van der Waals surface area contributed by atoms with E-state index in [2.05, 4.69) is 17.3 Å². The van der Waals surface area contributed by atoms with Gasteiger partial charge in [0.05, 0.1) is 12.6 Å². The Morgan fingerprint density at radius 1 is 1.57 bits per heavy atom. The first-order valence-corrected chi connectivity index (χ1v) is 4.47. The molecule has 14 heavy (non-hydrogen) atoms. The van der Waals surface area contributed by atoms with E-state index in [-0.39, 0.29) is 0 Å². The van der Waals surface area contributed by atoms with Crippen LogP contribution < -0.4 is 5.32 Å². The van der Waals surface area contributed by atoms with Crippen LogP contribution in [-0.2, 0) is 0 Å². The average molecular weight is 205 g/mol. The first-order valence-electron chi connectivity index (χ1n) is 4.10. The van der Waals surface area contributed by atoms with Gasteiger partial charge >= 0.3 is 0 Å². The Bertz CT molecular complexity index is 387. The van der Waals surface area contributed by atoms with Gasteiger partial charge in [-0.05, 0) is 17.7 Å². The Hall–Kier alpha value is -1.48. The maximum Gasteiger partial charge on any atom is 0.122 e. The van der Waals surface area contributed by atoms with Crippen LogP contribution in [0.1, 0.15) is 11.6 Å². The Morgan fingerprint density at radius 3 is 2.93 bits per heavy atom. The molecule has 0 aliphatic carbocycles. The second-order valence-corrected chi connectivity index (χ2v) is 3.14. The number of terminal acetylenes is 1. The standard InChI is InChI=1S/C11H9ClN2/c1-2-6-14-11(8-13)9-4-3-5-10(12)7-9/h1,3-5,7,11,14H,6H2. The van der Waals surface area contributed by atoms with Gasteiger partial charge < -0.3 is 0 Å². The van der Waals surface area contributed by atoms with Gasteiger partial charge in [0.2, 0.25) is 0 Å². The van der Waals surface area contributed by atoms with E-state index in [1.165, 1.54) is 0 Å². The van der Waals surface area contributed by atoms with Gasteiger partial charge in [0.1, 0.15) is 6.04 Å². The van der Waals surface area contributed by atoms with E-state index in [1.54, 1.807) is 18.2 Å². The lowest BCUT2D eigenvalue weighted by Gasteiger charge is -2.09. The summed E-state index contributed by atoms with van der Waals surface area (Å²) < 4.78 is 0. The molecule has 1 N–H and O–H groups in total. The highest BCUT2D eigenvalue weighted by atomic mass is 35.5. The molecule has 0 fully saturated rings. The van der Waals surface area contributed by atoms with Crippen LogP contribution in [0.15, 0.2) is 24.3 Å². The van der Waals surface area contributed by atoms with E-state index in [9.17, 15) is 0 Å². The Balaban J connectivity index is 2.81. The van der Waals surface area contributed by atoms with Crippen molar-refractivity contribution in [2.75, 3.05) is 6.54 Å². The maximum absolute atomic E-state index is 8.87. The van der Waals surface area contributed by atoms with Gasteiger partial charge in [-0.1, -0.05) is 29.7 Å².